The third-order valence-electron chi connectivity index (χ3n) is 3.39. The van der Waals surface area contributed by atoms with Crippen molar-refractivity contribution in [2.45, 2.75) is 38.1 Å². The molecular formula is C12H22N2O. The van der Waals surface area contributed by atoms with Crippen LogP contribution in [0, 0.1) is 0 Å². The van der Waals surface area contributed by atoms with Crippen LogP contribution < -0.4 is 5.32 Å². The summed E-state index contributed by atoms with van der Waals surface area (Å²) in [6.07, 6.45) is 5.30. The van der Waals surface area contributed by atoms with E-state index >= 15 is 0 Å². The van der Waals surface area contributed by atoms with Crippen LogP contribution in [0.4, 0.5) is 0 Å². The first kappa shape index (κ1) is 12.2. The van der Waals surface area contributed by atoms with Gasteiger partial charge in [0.25, 0.3) is 0 Å². The van der Waals surface area contributed by atoms with E-state index in [1.54, 1.807) is 6.08 Å². The fourth-order valence-corrected chi connectivity index (χ4v) is 1.88. The van der Waals surface area contributed by atoms with Crippen molar-refractivity contribution in [2.24, 2.45) is 0 Å². The number of carbonyl (C=O) groups is 1. The van der Waals surface area contributed by atoms with Gasteiger partial charge < -0.3 is 10.2 Å². The van der Waals surface area contributed by atoms with Crippen LogP contribution in [0.2, 0.25) is 0 Å². The Labute approximate surface area is 92.5 Å². The Morgan fingerprint density at radius 3 is 2.60 bits per heavy atom. The van der Waals surface area contributed by atoms with Gasteiger partial charge in [0.2, 0.25) is 5.91 Å². The Morgan fingerprint density at radius 1 is 1.53 bits per heavy atom. The Morgan fingerprint density at radius 2 is 2.13 bits per heavy atom. The highest BCUT2D eigenvalue weighted by Crippen LogP contribution is 2.21. The van der Waals surface area contributed by atoms with E-state index in [0.29, 0.717) is 6.42 Å². The SMILES string of the molecule is C=CCCC(=O)N1CCC(C)(NC)CC1. The molecule has 0 aromatic rings. The monoisotopic (exact) mass is 210 g/mol. The van der Waals surface area contributed by atoms with Crippen LogP contribution in [0.3, 0.4) is 0 Å². The highest BCUT2D eigenvalue weighted by Gasteiger charge is 2.29. The summed E-state index contributed by atoms with van der Waals surface area (Å²) in [4.78, 5) is 13.7. The quantitative estimate of drug-likeness (QED) is 0.714. The van der Waals surface area contributed by atoms with Crippen LogP contribution in [0.1, 0.15) is 32.6 Å². The van der Waals surface area contributed by atoms with Crippen molar-refractivity contribution in [3.63, 3.8) is 0 Å². The average Bonchev–Trinajstić information content (AvgIpc) is 2.27. The number of allylic oxidation sites excluding steroid dienone is 1. The Hall–Kier alpha value is -0.830. The van der Waals surface area contributed by atoms with Gasteiger partial charge in [0.05, 0.1) is 0 Å². The molecule has 1 saturated heterocycles. The summed E-state index contributed by atoms with van der Waals surface area (Å²) in [5.41, 5.74) is 0.217. The minimum Gasteiger partial charge on any atom is -0.343 e. The van der Waals surface area contributed by atoms with Crippen molar-refractivity contribution >= 4 is 5.91 Å². The molecule has 1 amide bonds. The highest BCUT2D eigenvalue weighted by atomic mass is 16.2. The lowest BCUT2D eigenvalue weighted by atomic mass is 9.90. The number of rotatable bonds is 4. The standard InChI is InChI=1S/C12H22N2O/c1-4-5-6-11(15)14-9-7-12(2,13-3)8-10-14/h4,13H,1,5-10H2,2-3H3. The summed E-state index contributed by atoms with van der Waals surface area (Å²) in [5.74, 6) is 0.271. The van der Waals surface area contributed by atoms with Gasteiger partial charge >= 0.3 is 0 Å². The molecule has 1 aliphatic rings. The molecule has 1 rings (SSSR count). The molecule has 86 valence electrons. The second-order valence-corrected chi connectivity index (χ2v) is 4.52. The Bertz CT molecular complexity index is 230. The number of hydrogen-bond acceptors (Lipinski definition) is 2. The summed E-state index contributed by atoms with van der Waals surface area (Å²) in [5, 5.41) is 3.33. The van der Waals surface area contributed by atoms with E-state index in [-0.39, 0.29) is 11.4 Å². The minimum atomic E-state index is 0.217. The topological polar surface area (TPSA) is 32.3 Å². The molecule has 0 radical (unpaired) electrons. The molecule has 0 spiro atoms. The van der Waals surface area contributed by atoms with Gasteiger partial charge in [-0.2, -0.15) is 0 Å². The first-order valence-corrected chi connectivity index (χ1v) is 5.69. The predicted octanol–water partition coefficient (Wildman–Crippen LogP) is 1.55. The maximum Gasteiger partial charge on any atom is 0.222 e. The number of piperidine rings is 1. The molecular weight excluding hydrogens is 188 g/mol. The number of likely N-dealkylation sites (tertiary alicyclic amines) is 1. The van der Waals surface area contributed by atoms with Crippen molar-refractivity contribution in [3.8, 4) is 0 Å². The second-order valence-electron chi connectivity index (χ2n) is 4.52. The first-order valence-electron chi connectivity index (χ1n) is 5.69. The zero-order valence-electron chi connectivity index (χ0n) is 9.88. The number of nitrogens with one attached hydrogen (secondary N) is 1. The maximum absolute atomic E-state index is 11.7. The van der Waals surface area contributed by atoms with E-state index in [4.69, 9.17) is 0 Å². The van der Waals surface area contributed by atoms with E-state index in [2.05, 4.69) is 18.8 Å². The van der Waals surface area contributed by atoms with Crippen molar-refractivity contribution in [1.29, 1.82) is 0 Å². The van der Waals surface area contributed by atoms with E-state index in [9.17, 15) is 4.79 Å². The van der Waals surface area contributed by atoms with Gasteiger partial charge in [0.1, 0.15) is 0 Å². The largest absolute Gasteiger partial charge is 0.343 e. The lowest BCUT2D eigenvalue weighted by Crippen LogP contribution is -2.51. The Kier molecular flexibility index (Phi) is 4.33. The summed E-state index contributed by atoms with van der Waals surface area (Å²) in [6.45, 7) is 7.62. The zero-order chi connectivity index (χ0) is 11.3. The molecule has 0 aliphatic carbocycles. The average molecular weight is 210 g/mol. The third kappa shape index (κ3) is 3.34. The summed E-state index contributed by atoms with van der Waals surface area (Å²) in [7, 11) is 2.00. The highest BCUT2D eigenvalue weighted by molar-refractivity contribution is 5.76. The number of nitrogens with zero attached hydrogens (tertiary/aromatic N) is 1. The molecule has 3 nitrogen and oxygen atoms in total. The summed E-state index contributed by atoms with van der Waals surface area (Å²) < 4.78 is 0. The van der Waals surface area contributed by atoms with Crippen LogP contribution in [0.5, 0.6) is 0 Å². The molecule has 1 fully saturated rings. The molecule has 0 aromatic heterocycles. The van der Waals surface area contributed by atoms with Gasteiger partial charge in [-0.25, -0.2) is 0 Å². The van der Waals surface area contributed by atoms with E-state index in [1.165, 1.54) is 0 Å². The van der Waals surface area contributed by atoms with Crippen LogP contribution in [-0.4, -0.2) is 36.5 Å². The molecule has 1 N–H and O–H groups in total. The summed E-state index contributed by atoms with van der Waals surface area (Å²) >= 11 is 0. The smallest absolute Gasteiger partial charge is 0.222 e. The molecule has 1 heterocycles. The number of amides is 1. The first-order chi connectivity index (χ1) is 7.11. The molecule has 1 aliphatic heterocycles. The molecule has 0 bridgehead atoms. The number of hydrogen-bond donors (Lipinski definition) is 1. The van der Waals surface area contributed by atoms with Crippen LogP contribution in [0.25, 0.3) is 0 Å². The molecule has 3 heteroatoms. The van der Waals surface area contributed by atoms with Crippen LogP contribution >= 0.6 is 0 Å². The van der Waals surface area contributed by atoms with Gasteiger partial charge in [-0.1, -0.05) is 6.08 Å². The lowest BCUT2D eigenvalue weighted by molar-refractivity contribution is -0.132. The Balaban J connectivity index is 2.36. The number of carbonyl (C=O) groups excluding carboxylic acids is 1. The molecule has 15 heavy (non-hydrogen) atoms. The van der Waals surface area contributed by atoms with E-state index in [0.717, 1.165) is 32.4 Å². The van der Waals surface area contributed by atoms with Crippen molar-refractivity contribution < 1.29 is 4.79 Å². The fraction of sp³-hybridized carbons (Fsp3) is 0.750. The van der Waals surface area contributed by atoms with E-state index < -0.39 is 0 Å². The van der Waals surface area contributed by atoms with Gasteiger partial charge in [0, 0.05) is 25.0 Å². The molecule has 0 aromatic carbocycles. The fourth-order valence-electron chi connectivity index (χ4n) is 1.88. The van der Waals surface area contributed by atoms with Crippen LogP contribution in [0.15, 0.2) is 12.7 Å². The van der Waals surface area contributed by atoms with Gasteiger partial charge in [-0.3, -0.25) is 4.79 Å². The van der Waals surface area contributed by atoms with Gasteiger partial charge in [0.15, 0.2) is 0 Å². The van der Waals surface area contributed by atoms with Crippen molar-refractivity contribution in [3.05, 3.63) is 12.7 Å². The maximum atomic E-state index is 11.7. The third-order valence-corrected chi connectivity index (χ3v) is 3.39. The minimum absolute atomic E-state index is 0.217. The van der Waals surface area contributed by atoms with E-state index in [1.807, 2.05) is 11.9 Å². The molecule has 0 atom stereocenters. The molecule has 0 saturated carbocycles. The van der Waals surface area contributed by atoms with Gasteiger partial charge in [-0.05, 0) is 33.2 Å². The molecule has 0 unspecified atom stereocenters. The van der Waals surface area contributed by atoms with Crippen LogP contribution in [-0.2, 0) is 4.79 Å². The van der Waals surface area contributed by atoms with Crippen molar-refractivity contribution in [2.75, 3.05) is 20.1 Å². The normalized spacial score (nSPS) is 20.0. The zero-order valence-corrected chi connectivity index (χ0v) is 9.88. The lowest BCUT2D eigenvalue weighted by Gasteiger charge is -2.39. The second kappa shape index (κ2) is 5.31. The predicted molar refractivity (Wildman–Crippen MR) is 62.7 cm³/mol. The van der Waals surface area contributed by atoms with Crippen molar-refractivity contribution in [1.82, 2.24) is 10.2 Å². The van der Waals surface area contributed by atoms with Gasteiger partial charge in [-0.15, -0.1) is 6.58 Å². The summed E-state index contributed by atoms with van der Waals surface area (Å²) in [6, 6.07) is 0.